The van der Waals surface area contributed by atoms with Crippen LogP contribution in [0.5, 0.6) is 5.75 Å². The van der Waals surface area contributed by atoms with Gasteiger partial charge in [0.1, 0.15) is 5.75 Å². The minimum atomic E-state index is -0.107. The average Bonchev–Trinajstić information content (AvgIpc) is 2.43. The largest absolute Gasteiger partial charge is 0.493 e. The van der Waals surface area contributed by atoms with E-state index in [-0.39, 0.29) is 18.4 Å². The Labute approximate surface area is 121 Å². The molecule has 4 nitrogen and oxygen atoms in total. The second kappa shape index (κ2) is 8.59. The second-order valence-electron chi connectivity index (χ2n) is 5.56. The first-order valence-corrected chi connectivity index (χ1v) is 7.14. The Bertz CT molecular complexity index is 418. The fraction of sp³-hybridized carbons (Fsp3) is 0.562. The fourth-order valence-electron chi connectivity index (χ4n) is 1.68. The van der Waals surface area contributed by atoms with Gasteiger partial charge in [-0.25, -0.2) is 0 Å². The maximum absolute atomic E-state index is 12.0. The van der Waals surface area contributed by atoms with Crippen molar-refractivity contribution in [3.63, 3.8) is 0 Å². The van der Waals surface area contributed by atoms with Crippen LogP contribution in [0.1, 0.15) is 37.6 Å². The van der Waals surface area contributed by atoms with Crippen molar-refractivity contribution in [2.75, 3.05) is 19.8 Å². The Balaban J connectivity index is 2.53. The van der Waals surface area contributed by atoms with E-state index in [0.29, 0.717) is 31.1 Å². The number of amides is 1. The van der Waals surface area contributed by atoms with Gasteiger partial charge in [0.2, 0.25) is 0 Å². The first-order valence-electron chi connectivity index (χ1n) is 7.14. The molecule has 1 aromatic rings. The van der Waals surface area contributed by atoms with Gasteiger partial charge in [-0.1, -0.05) is 26.8 Å². The quantitative estimate of drug-likeness (QED) is 0.768. The monoisotopic (exact) mass is 279 g/mol. The number of rotatable bonds is 8. The number of hydrogen-bond acceptors (Lipinski definition) is 3. The highest BCUT2D eigenvalue weighted by Gasteiger charge is 2.09. The molecule has 0 aromatic heterocycles. The number of benzene rings is 1. The highest BCUT2D eigenvalue weighted by molar-refractivity contribution is 5.94. The third-order valence-electron chi connectivity index (χ3n) is 2.91. The zero-order valence-corrected chi connectivity index (χ0v) is 12.6. The van der Waals surface area contributed by atoms with Crippen LogP contribution in [0.2, 0.25) is 0 Å². The standard InChI is InChI=1S/C16H25NO3/c1-12(2)11-20-15-6-4-5-14(9-15)16(19)17-10-13(3)7-8-18/h4-6,9,12-13,18H,7-8,10-11H2,1-3H3,(H,17,19). The SMILES string of the molecule is CC(C)COc1cccc(C(=O)NCC(C)CCO)c1. The number of nitrogens with one attached hydrogen (secondary N) is 1. The molecule has 0 aliphatic carbocycles. The molecule has 0 fully saturated rings. The van der Waals surface area contributed by atoms with E-state index in [4.69, 9.17) is 9.84 Å². The minimum absolute atomic E-state index is 0.107. The Morgan fingerprint density at radius 3 is 2.75 bits per heavy atom. The van der Waals surface area contributed by atoms with Crippen LogP contribution in [0, 0.1) is 11.8 Å². The predicted molar refractivity (Wildman–Crippen MR) is 80.0 cm³/mol. The maximum Gasteiger partial charge on any atom is 0.251 e. The van der Waals surface area contributed by atoms with Crippen molar-refractivity contribution in [3.8, 4) is 5.75 Å². The molecule has 0 spiro atoms. The van der Waals surface area contributed by atoms with Gasteiger partial charge in [0.25, 0.3) is 5.91 Å². The number of aliphatic hydroxyl groups is 1. The van der Waals surface area contributed by atoms with Crippen LogP contribution in [-0.2, 0) is 0 Å². The second-order valence-corrected chi connectivity index (χ2v) is 5.56. The summed E-state index contributed by atoms with van der Waals surface area (Å²) in [5, 5.41) is 11.7. The van der Waals surface area contributed by atoms with Gasteiger partial charge < -0.3 is 15.2 Å². The van der Waals surface area contributed by atoms with Crippen LogP contribution >= 0.6 is 0 Å². The molecule has 112 valence electrons. The van der Waals surface area contributed by atoms with Gasteiger partial charge in [-0.15, -0.1) is 0 Å². The van der Waals surface area contributed by atoms with Crippen LogP contribution in [0.3, 0.4) is 0 Å². The summed E-state index contributed by atoms with van der Waals surface area (Å²) >= 11 is 0. The minimum Gasteiger partial charge on any atom is -0.493 e. The summed E-state index contributed by atoms with van der Waals surface area (Å²) in [5.41, 5.74) is 0.599. The van der Waals surface area contributed by atoms with E-state index in [1.807, 2.05) is 19.1 Å². The summed E-state index contributed by atoms with van der Waals surface area (Å²) in [7, 11) is 0. The molecular weight excluding hydrogens is 254 g/mol. The van der Waals surface area contributed by atoms with E-state index in [0.717, 1.165) is 5.75 Å². The molecule has 0 saturated carbocycles. The summed E-state index contributed by atoms with van der Waals surface area (Å²) in [6, 6.07) is 7.21. The lowest BCUT2D eigenvalue weighted by Crippen LogP contribution is -2.28. The number of aliphatic hydroxyl groups excluding tert-OH is 1. The lowest BCUT2D eigenvalue weighted by atomic mass is 10.1. The third-order valence-corrected chi connectivity index (χ3v) is 2.91. The van der Waals surface area contributed by atoms with Crippen LogP contribution in [-0.4, -0.2) is 30.8 Å². The molecule has 1 aromatic carbocycles. The van der Waals surface area contributed by atoms with Crippen LogP contribution < -0.4 is 10.1 Å². The van der Waals surface area contributed by atoms with Crippen molar-refractivity contribution >= 4 is 5.91 Å². The van der Waals surface area contributed by atoms with Crippen LogP contribution in [0.15, 0.2) is 24.3 Å². The predicted octanol–water partition coefficient (Wildman–Crippen LogP) is 2.47. The van der Waals surface area contributed by atoms with E-state index in [9.17, 15) is 4.79 Å². The molecule has 1 rings (SSSR count). The smallest absolute Gasteiger partial charge is 0.251 e. The van der Waals surface area contributed by atoms with E-state index in [1.165, 1.54) is 0 Å². The lowest BCUT2D eigenvalue weighted by molar-refractivity contribution is 0.0945. The van der Waals surface area contributed by atoms with E-state index in [2.05, 4.69) is 19.2 Å². The molecule has 0 radical (unpaired) electrons. The number of carbonyl (C=O) groups excluding carboxylic acids is 1. The molecular formula is C16H25NO3. The molecule has 2 N–H and O–H groups in total. The average molecular weight is 279 g/mol. The third kappa shape index (κ3) is 6.06. The molecule has 20 heavy (non-hydrogen) atoms. The van der Waals surface area contributed by atoms with Gasteiger partial charge in [0.05, 0.1) is 6.61 Å². The topological polar surface area (TPSA) is 58.6 Å². The highest BCUT2D eigenvalue weighted by atomic mass is 16.5. The number of carbonyl (C=O) groups is 1. The fourth-order valence-corrected chi connectivity index (χ4v) is 1.68. The Kier molecular flexibility index (Phi) is 7.09. The number of hydrogen-bond donors (Lipinski definition) is 2. The molecule has 4 heteroatoms. The normalized spacial score (nSPS) is 12.2. The van der Waals surface area contributed by atoms with Crippen molar-refractivity contribution in [1.82, 2.24) is 5.32 Å². The molecule has 1 atom stereocenters. The summed E-state index contributed by atoms with van der Waals surface area (Å²) < 4.78 is 5.61. The van der Waals surface area contributed by atoms with Crippen molar-refractivity contribution in [3.05, 3.63) is 29.8 Å². The van der Waals surface area contributed by atoms with E-state index >= 15 is 0 Å². The maximum atomic E-state index is 12.0. The van der Waals surface area contributed by atoms with Gasteiger partial charge in [-0.3, -0.25) is 4.79 Å². The summed E-state index contributed by atoms with van der Waals surface area (Å²) in [4.78, 5) is 12.0. The molecule has 1 unspecified atom stereocenters. The molecule has 0 heterocycles. The van der Waals surface area contributed by atoms with Crippen molar-refractivity contribution in [1.29, 1.82) is 0 Å². The first-order chi connectivity index (χ1) is 9.52. The summed E-state index contributed by atoms with van der Waals surface area (Å²) in [6.07, 6.45) is 0.692. The molecule has 0 aliphatic rings. The summed E-state index contributed by atoms with van der Waals surface area (Å²) in [6.45, 7) is 7.52. The van der Waals surface area contributed by atoms with Crippen LogP contribution in [0.4, 0.5) is 0 Å². The highest BCUT2D eigenvalue weighted by Crippen LogP contribution is 2.14. The molecule has 0 saturated heterocycles. The molecule has 0 bridgehead atoms. The van der Waals surface area contributed by atoms with Crippen LogP contribution in [0.25, 0.3) is 0 Å². The molecule has 0 aliphatic heterocycles. The van der Waals surface area contributed by atoms with Crippen molar-refractivity contribution in [2.24, 2.45) is 11.8 Å². The zero-order chi connectivity index (χ0) is 15.0. The Hall–Kier alpha value is -1.55. The van der Waals surface area contributed by atoms with Gasteiger partial charge in [0, 0.05) is 18.7 Å². The Morgan fingerprint density at radius 1 is 1.35 bits per heavy atom. The number of ether oxygens (including phenoxy) is 1. The van der Waals surface area contributed by atoms with Gasteiger partial charge in [0.15, 0.2) is 0 Å². The molecule has 1 amide bonds. The van der Waals surface area contributed by atoms with Crippen molar-refractivity contribution < 1.29 is 14.6 Å². The van der Waals surface area contributed by atoms with E-state index < -0.39 is 0 Å². The zero-order valence-electron chi connectivity index (χ0n) is 12.6. The summed E-state index contributed by atoms with van der Waals surface area (Å²) in [5.74, 6) is 1.33. The van der Waals surface area contributed by atoms with Gasteiger partial charge in [-0.2, -0.15) is 0 Å². The van der Waals surface area contributed by atoms with E-state index in [1.54, 1.807) is 12.1 Å². The van der Waals surface area contributed by atoms with Gasteiger partial charge >= 0.3 is 0 Å². The van der Waals surface area contributed by atoms with Crippen molar-refractivity contribution in [2.45, 2.75) is 27.2 Å². The van der Waals surface area contributed by atoms with Gasteiger partial charge in [-0.05, 0) is 36.5 Å². The Morgan fingerprint density at radius 2 is 2.10 bits per heavy atom. The lowest BCUT2D eigenvalue weighted by Gasteiger charge is -2.12. The first kappa shape index (κ1) is 16.5.